The summed E-state index contributed by atoms with van der Waals surface area (Å²) in [5.74, 6) is -1.51. The van der Waals surface area contributed by atoms with Crippen LogP contribution >= 0.6 is 0 Å². The third kappa shape index (κ3) is 3.51. The predicted octanol–water partition coefficient (Wildman–Crippen LogP) is 2.32. The third-order valence-electron chi connectivity index (χ3n) is 3.17. The molecular formula is C13H14FNO5. The lowest BCUT2D eigenvalue weighted by Gasteiger charge is -2.21. The summed E-state index contributed by atoms with van der Waals surface area (Å²) >= 11 is 0. The van der Waals surface area contributed by atoms with Crippen LogP contribution in [0.25, 0.3) is 0 Å². The molecule has 0 radical (unpaired) electrons. The molecule has 7 heteroatoms. The molecule has 0 unspecified atom stereocenters. The van der Waals surface area contributed by atoms with Gasteiger partial charge in [0.25, 0.3) is 5.69 Å². The molecule has 1 aliphatic rings. The number of non-ortho nitro benzene ring substituents is 1. The first-order valence-corrected chi connectivity index (χ1v) is 6.26. The molecule has 0 aromatic heterocycles. The van der Waals surface area contributed by atoms with E-state index in [4.69, 9.17) is 9.47 Å². The second kappa shape index (κ2) is 6.42. The Balaban J connectivity index is 2.00. The highest BCUT2D eigenvalue weighted by Crippen LogP contribution is 2.19. The van der Waals surface area contributed by atoms with E-state index < -0.39 is 22.3 Å². The van der Waals surface area contributed by atoms with Gasteiger partial charge in [0, 0.05) is 25.3 Å². The van der Waals surface area contributed by atoms with Gasteiger partial charge in [-0.15, -0.1) is 0 Å². The van der Waals surface area contributed by atoms with E-state index in [0.717, 1.165) is 31.0 Å². The fourth-order valence-electron chi connectivity index (χ4n) is 1.97. The fraction of sp³-hybridized carbons (Fsp3) is 0.462. The number of nitrogens with zero attached hydrogens (tertiary/aromatic N) is 1. The van der Waals surface area contributed by atoms with Crippen molar-refractivity contribution < 1.29 is 23.6 Å². The molecule has 20 heavy (non-hydrogen) atoms. The quantitative estimate of drug-likeness (QED) is 0.481. The maximum absolute atomic E-state index is 13.5. The number of rotatable bonds is 4. The van der Waals surface area contributed by atoms with Gasteiger partial charge in [-0.25, -0.2) is 9.18 Å². The van der Waals surface area contributed by atoms with E-state index in [0.29, 0.717) is 13.2 Å². The first-order chi connectivity index (χ1) is 9.58. The van der Waals surface area contributed by atoms with Gasteiger partial charge in [0.2, 0.25) is 0 Å². The largest absolute Gasteiger partial charge is 0.462 e. The molecule has 108 valence electrons. The molecule has 1 aromatic carbocycles. The molecule has 0 aliphatic carbocycles. The van der Waals surface area contributed by atoms with Crippen LogP contribution in [-0.4, -0.2) is 30.7 Å². The number of hydrogen-bond donors (Lipinski definition) is 0. The minimum Gasteiger partial charge on any atom is -0.462 e. The van der Waals surface area contributed by atoms with Crippen LogP contribution in [-0.2, 0) is 9.47 Å². The zero-order chi connectivity index (χ0) is 14.5. The Morgan fingerprint density at radius 2 is 2.15 bits per heavy atom. The second-order valence-electron chi connectivity index (χ2n) is 4.58. The average molecular weight is 283 g/mol. The molecule has 1 aliphatic heterocycles. The predicted molar refractivity (Wildman–Crippen MR) is 66.9 cm³/mol. The van der Waals surface area contributed by atoms with Crippen LogP contribution in [0.2, 0.25) is 0 Å². The van der Waals surface area contributed by atoms with Gasteiger partial charge in [0.1, 0.15) is 11.4 Å². The summed E-state index contributed by atoms with van der Waals surface area (Å²) in [4.78, 5) is 21.7. The zero-order valence-corrected chi connectivity index (χ0v) is 10.7. The molecule has 0 saturated carbocycles. The lowest BCUT2D eigenvalue weighted by Crippen LogP contribution is -2.22. The molecule has 1 fully saturated rings. The highest BCUT2D eigenvalue weighted by molar-refractivity contribution is 5.90. The van der Waals surface area contributed by atoms with Crippen molar-refractivity contribution in [2.45, 2.75) is 12.8 Å². The summed E-state index contributed by atoms with van der Waals surface area (Å²) in [6.07, 6.45) is 1.56. The Morgan fingerprint density at radius 1 is 1.45 bits per heavy atom. The van der Waals surface area contributed by atoms with E-state index in [-0.39, 0.29) is 18.2 Å². The maximum Gasteiger partial charge on any atom is 0.341 e. The molecule has 1 aromatic rings. The number of nitro benzene ring substituents is 1. The summed E-state index contributed by atoms with van der Waals surface area (Å²) in [6.45, 7) is 1.41. The SMILES string of the molecule is O=C(OCC1CCOCC1)c1cc([N+](=O)[O-])ccc1F. The Hall–Kier alpha value is -2.02. The van der Waals surface area contributed by atoms with Crippen LogP contribution in [0.4, 0.5) is 10.1 Å². The van der Waals surface area contributed by atoms with E-state index in [2.05, 4.69) is 0 Å². The number of hydrogen-bond acceptors (Lipinski definition) is 5. The molecule has 0 amide bonds. The molecule has 0 bridgehead atoms. The van der Waals surface area contributed by atoms with Gasteiger partial charge in [-0.3, -0.25) is 10.1 Å². The van der Waals surface area contributed by atoms with Crippen LogP contribution in [0.3, 0.4) is 0 Å². The smallest absolute Gasteiger partial charge is 0.341 e. The topological polar surface area (TPSA) is 78.7 Å². The van der Waals surface area contributed by atoms with Crippen molar-refractivity contribution in [1.82, 2.24) is 0 Å². The Bertz CT molecular complexity index is 513. The van der Waals surface area contributed by atoms with Crippen LogP contribution < -0.4 is 0 Å². The van der Waals surface area contributed by atoms with Gasteiger partial charge in [0.05, 0.1) is 11.5 Å². The number of benzene rings is 1. The molecule has 1 heterocycles. The summed E-state index contributed by atoms with van der Waals surface area (Å²) < 4.78 is 23.7. The maximum atomic E-state index is 13.5. The normalized spacial score (nSPS) is 15.8. The monoisotopic (exact) mass is 283 g/mol. The summed E-state index contributed by atoms with van der Waals surface area (Å²) in [7, 11) is 0. The van der Waals surface area contributed by atoms with Crippen LogP contribution in [0.5, 0.6) is 0 Å². The number of nitro groups is 1. The van der Waals surface area contributed by atoms with Crippen LogP contribution in [0, 0.1) is 21.8 Å². The fourth-order valence-corrected chi connectivity index (χ4v) is 1.97. The molecule has 1 saturated heterocycles. The van der Waals surface area contributed by atoms with Crippen molar-refractivity contribution in [2.24, 2.45) is 5.92 Å². The Kier molecular flexibility index (Phi) is 4.62. The molecule has 2 rings (SSSR count). The van der Waals surface area contributed by atoms with Crippen molar-refractivity contribution in [3.05, 3.63) is 39.7 Å². The van der Waals surface area contributed by atoms with Crippen molar-refractivity contribution in [3.63, 3.8) is 0 Å². The highest BCUT2D eigenvalue weighted by Gasteiger charge is 2.20. The van der Waals surface area contributed by atoms with Crippen molar-refractivity contribution in [2.75, 3.05) is 19.8 Å². The van der Waals surface area contributed by atoms with E-state index in [1.807, 2.05) is 0 Å². The van der Waals surface area contributed by atoms with Gasteiger partial charge in [-0.05, 0) is 24.8 Å². The van der Waals surface area contributed by atoms with Crippen molar-refractivity contribution >= 4 is 11.7 Å². The Morgan fingerprint density at radius 3 is 2.80 bits per heavy atom. The summed E-state index contributed by atoms with van der Waals surface area (Å²) in [5, 5.41) is 10.6. The van der Waals surface area contributed by atoms with E-state index >= 15 is 0 Å². The van der Waals surface area contributed by atoms with Gasteiger partial charge in [-0.2, -0.15) is 0 Å². The third-order valence-corrected chi connectivity index (χ3v) is 3.17. The lowest BCUT2D eigenvalue weighted by molar-refractivity contribution is -0.384. The minimum absolute atomic E-state index is 0.171. The summed E-state index contributed by atoms with van der Waals surface area (Å²) in [5.41, 5.74) is -0.754. The molecule has 6 nitrogen and oxygen atoms in total. The Labute approximate surface area is 114 Å². The molecular weight excluding hydrogens is 269 g/mol. The second-order valence-corrected chi connectivity index (χ2v) is 4.58. The van der Waals surface area contributed by atoms with Gasteiger partial charge in [-0.1, -0.05) is 0 Å². The average Bonchev–Trinajstić information content (AvgIpc) is 2.46. The van der Waals surface area contributed by atoms with E-state index in [1.165, 1.54) is 0 Å². The highest BCUT2D eigenvalue weighted by atomic mass is 19.1. The van der Waals surface area contributed by atoms with Gasteiger partial charge >= 0.3 is 5.97 Å². The first-order valence-electron chi connectivity index (χ1n) is 6.26. The minimum atomic E-state index is -0.877. The standard InChI is InChI=1S/C13H14FNO5/c14-12-2-1-10(15(17)18)7-11(12)13(16)20-8-9-3-5-19-6-4-9/h1-2,7,9H,3-6,8H2. The lowest BCUT2D eigenvalue weighted by atomic mass is 10.0. The number of esters is 1. The van der Waals surface area contributed by atoms with Crippen LogP contribution in [0.15, 0.2) is 18.2 Å². The van der Waals surface area contributed by atoms with Gasteiger partial charge in [0.15, 0.2) is 0 Å². The zero-order valence-electron chi connectivity index (χ0n) is 10.7. The van der Waals surface area contributed by atoms with Gasteiger partial charge < -0.3 is 9.47 Å². The molecule has 0 spiro atoms. The summed E-state index contributed by atoms with van der Waals surface area (Å²) in [6, 6.07) is 2.79. The molecule has 0 atom stereocenters. The van der Waals surface area contributed by atoms with E-state index in [9.17, 15) is 19.3 Å². The first kappa shape index (κ1) is 14.4. The number of carbonyl (C=O) groups is 1. The number of carbonyl (C=O) groups excluding carboxylic acids is 1. The molecule has 0 N–H and O–H groups in total. The van der Waals surface area contributed by atoms with Crippen molar-refractivity contribution in [1.29, 1.82) is 0 Å². The number of ether oxygens (including phenoxy) is 2. The van der Waals surface area contributed by atoms with Crippen molar-refractivity contribution in [3.8, 4) is 0 Å². The van der Waals surface area contributed by atoms with Crippen LogP contribution in [0.1, 0.15) is 23.2 Å². The number of halogens is 1. The van der Waals surface area contributed by atoms with E-state index in [1.54, 1.807) is 0 Å².